The number of rotatable bonds is 4. The molecule has 0 radical (unpaired) electrons. The molecule has 4 rings (SSSR count). The molecule has 0 bridgehead atoms. The van der Waals surface area contributed by atoms with Crippen molar-refractivity contribution in [3.05, 3.63) is 40.3 Å². The average molecular weight is 397 g/mol. The van der Waals surface area contributed by atoms with Gasteiger partial charge < -0.3 is 14.8 Å². The van der Waals surface area contributed by atoms with Crippen LogP contribution in [0.25, 0.3) is 11.0 Å². The number of aromatic amines is 1. The summed E-state index contributed by atoms with van der Waals surface area (Å²) in [4.78, 5) is 19.9. The Morgan fingerprint density at radius 1 is 1.14 bits per heavy atom. The summed E-state index contributed by atoms with van der Waals surface area (Å²) in [7, 11) is 0. The first-order valence-electron chi connectivity index (χ1n) is 9.78. The third kappa shape index (κ3) is 3.66. The highest BCUT2D eigenvalue weighted by molar-refractivity contribution is 5.74. The second-order valence-corrected chi connectivity index (χ2v) is 8.97. The fourth-order valence-electron chi connectivity index (χ4n) is 3.36. The Kier molecular flexibility index (Phi) is 4.52. The molecule has 0 saturated heterocycles. The van der Waals surface area contributed by atoms with Crippen molar-refractivity contribution in [1.29, 1.82) is 0 Å². The quantitative estimate of drug-likeness (QED) is 0.703. The monoisotopic (exact) mass is 397 g/mol. The maximum absolute atomic E-state index is 12.5. The molecular weight excluding hydrogens is 370 g/mol. The fraction of sp³-hybridized carbons (Fsp3) is 0.476. The normalized spacial score (nSPS) is 14.2. The van der Waals surface area contributed by atoms with E-state index in [1.807, 2.05) is 39.0 Å². The lowest BCUT2D eigenvalue weighted by atomic mass is 9.84. The second-order valence-electron chi connectivity index (χ2n) is 8.97. The van der Waals surface area contributed by atoms with Gasteiger partial charge in [-0.1, -0.05) is 19.9 Å². The third-order valence-corrected chi connectivity index (χ3v) is 5.09. The first-order valence-corrected chi connectivity index (χ1v) is 9.78. The molecule has 3 heterocycles. The van der Waals surface area contributed by atoms with Gasteiger partial charge in [0, 0.05) is 12.0 Å². The molecular formula is C21H27N5O3. The van der Waals surface area contributed by atoms with Crippen molar-refractivity contribution in [1.82, 2.24) is 19.7 Å². The molecule has 154 valence electrons. The third-order valence-electron chi connectivity index (χ3n) is 5.09. The molecule has 3 aromatic rings. The second kappa shape index (κ2) is 6.79. The van der Waals surface area contributed by atoms with E-state index in [2.05, 4.69) is 34.2 Å². The Bertz CT molecular complexity index is 1110. The van der Waals surface area contributed by atoms with E-state index in [1.54, 1.807) is 10.9 Å². The Morgan fingerprint density at radius 3 is 2.59 bits per heavy atom. The van der Waals surface area contributed by atoms with Gasteiger partial charge >= 0.3 is 0 Å². The topological polar surface area (TPSA) is 94.1 Å². The Morgan fingerprint density at radius 2 is 1.86 bits per heavy atom. The van der Waals surface area contributed by atoms with Crippen molar-refractivity contribution in [2.75, 3.05) is 25.1 Å². The van der Waals surface area contributed by atoms with Crippen LogP contribution in [0.1, 0.15) is 40.2 Å². The van der Waals surface area contributed by atoms with Gasteiger partial charge in [0.25, 0.3) is 5.56 Å². The minimum atomic E-state index is -0.274. The molecule has 0 amide bonds. The molecule has 8 nitrogen and oxygen atoms in total. The van der Waals surface area contributed by atoms with E-state index >= 15 is 0 Å². The molecule has 0 unspecified atom stereocenters. The number of nitrogens with zero attached hydrogens (tertiary/aromatic N) is 3. The largest absolute Gasteiger partial charge is 0.486 e. The summed E-state index contributed by atoms with van der Waals surface area (Å²) in [6.07, 6.45) is 1.56. The van der Waals surface area contributed by atoms with Crippen LogP contribution in [0.3, 0.4) is 0 Å². The van der Waals surface area contributed by atoms with Gasteiger partial charge in [-0.15, -0.1) is 0 Å². The van der Waals surface area contributed by atoms with E-state index in [1.165, 1.54) is 0 Å². The van der Waals surface area contributed by atoms with Gasteiger partial charge in [0.1, 0.15) is 18.6 Å². The van der Waals surface area contributed by atoms with Crippen molar-refractivity contribution < 1.29 is 9.47 Å². The fourth-order valence-corrected chi connectivity index (χ4v) is 3.36. The zero-order chi connectivity index (χ0) is 20.8. The summed E-state index contributed by atoms with van der Waals surface area (Å²) in [5, 5.41) is 8.11. The standard InChI is InChI=1S/C21H27N5O3/c1-20(2,3)26-17-14(11-23-26)18(27)25-19(24-17)22-12-21(4,5)13-6-7-15-16(10-13)29-9-8-28-15/h6-7,10-11H,8-9,12H2,1-5H3,(H2,22,24,25,27). The molecule has 0 atom stereocenters. The highest BCUT2D eigenvalue weighted by Crippen LogP contribution is 2.35. The molecule has 1 aliphatic heterocycles. The molecule has 29 heavy (non-hydrogen) atoms. The van der Waals surface area contributed by atoms with E-state index in [9.17, 15) is 4.79 Å². The highest BCUT2D eigenvalue weighted by atomic mass is 16.6. The van der Waals surface area contributed by atoms with Crippen LogP contribution in [0.5, 0.6) is 11.5 Å². The number of H-pyrrole nitrogens is 1. The Hall–Kier alpha value is -3.03. The molecule has 0 spiro atoms. The number of anilines is 1. The smallest absolute Gasteiger partial charge is 0.263 e. The summed E-state index contributed by atoms with van der Waals surface area (Å²) < 4.78 is 13.1. The predicted octanol–water partition coefficient (Wildman–Crippen LogP) is 3.04. The Labute approximate surface area is 169 Å². The van der Waals surface area contributed by atoms with Gasteiger partial charge in [0.05, 0.1) is 11.7 Å². The van der Waals surface area contributed by atoms with Crippen LogP contribution in [0, 0.1) is 0 Å². The van der Waals surface area contributed by atoms with Crippen LogP contribution < -0.4 is 20.3 Å². The predicted molar refractivity (Wildman–Crippen MR) is 112 cm³/mol. The minimum absolute atomic E-state index is 0.204. The van der Waals surface area contributed by atoms with Crippen LogP contribution >= 0.6 is 0 Å². The first kappa shape index (κ1) is 19.3. The van der Waals surface area contributed by atoms with Gasteiger partial charge in [0.2, 0.25) is 5.95 Å². The SMILES string of the molecule is CC(C)(CNc1nc2c(cnn2C(C)(C)C)c(=O)[nH]1)c1ccc2c(c1)OCCO2. The van der Waals surface area contributed by atoms with Crippen molar-refractivity contribution >= 4 is 17.0 Å². The van der Waals surface area contributed by atoms with Gasteiger partial charge in [0.15, 0.2) is 17.1 Å². The summed E-state index contributed by atoms with van der Waals surface area (Å²) in [5.41, 5.74) is 0.973. The molecule has 0 aliphatic carbocycles. The highest BCUT2D eigenvalue weighted by Gasteiger charge is 2.25. The molecule has 1 aromatic carbocycles. The molecule has 0 saturated carbocycles. The average Bonchev–Trinajstić information content (AvgIpc) is 3.11. The van der Waals surface area contributed by atoms with Gasteiger partial charge in [-0.05, 0) is 38.5 Å². The van der Waals surface area contributed by atoms with Crippen LogP contribution in [0.15, 0.2) is 29.2 Å². The summed E-state index contributed by atoms with van der Waals surface area (Å²) >= 11 is 0. The first-order chi connectivity index (χ1) is 13.6. The minimum Gasteiger partial charge on any atom is -0.486 e. The number of hydrogen-bond donors (Lipinski definition) is 2. The maximum atomic E-state index is 12.5. The molecule has 2 aromatic heterocycles. The van der Waals surface area contributed by atoms with Gasteiger partial charge in [-0.25, -0.2) is 4.68 Å². The summed E-state index contributed by atoms with van der Waals surface area (Å²) in [6, 6.07) is 6.01. The van der Waals surface area contributed by atoms with E-state index in [4.69, 9.17) is 9.47 Å². The van der Waals surface area contributed by atoms with Crippen molar-refractivity contribution in [2.45, 2.75) is 45.6 Å². The number of aromatic nitrogens is 4. The number of benzene rings is 1. The van der Waals surface area contributed by atoms with Crippen LogP contribution in [-0.2, 0) is 11.0 Å². The van der Waals surface area contributed by atoms with Gasteiger partial charge in [-0.2, -0.15) is 10.1 Å². The molecule has 1 aliphatic rings. The van der Waals surface area contributed by atoms with Gasteiger partial charge in [-0.3, -0.25) is 9.78 Å². The Balaban J connectivity index is 1.59. The number of nitrogens with one attached hydrogen (secondary N) is 2. The lowest BCUT2D eigenvalue weighted by Crippen LogP contribution is -2.30. The van der Waals surface area contributed by atoms with Crippen LogP contribution in [-0.4, -0.2) is 39.5 Å². The molecule has 0 fully saturated rings. The zero-order valence-corrected chi connectivity index (χ0v) is 17.5. The number of hydrogen-bond acceptors (Lipinski definition) is 6. The molecule has 8 heteroatoms. The maximum Gasteiger partial charge on any atom is 0.263 e. The van der Waals surface area contributed by atoms with Crippen molar-refractivity contribution in [2.24, 2.45) is 0 Å². The van der Waals surface area contributed by atoms with E-state index < -0.39 is 0 Å². The zero-order valence-electron chi connectivity index (χ0n) is 17.5. The summed E-state index contributed by atoms with van der Waals surface area (Å²) in [6.45, 7) is 12.0. The van der Waals surface area contributed by atoms with E-state index in [-0.39, 0.29) is 16.5 Å². The van der Waals surface area contributed by atoms with E-state index in [0.717, 1.165) is 17.1 Å². The van der Waals surface area contributed by atoms with Crippen molar-refractivity contribution in [3.8, 4) is 11.5 Å². The molecule has 2 N–H and O–H groups in total. The number of fused-ring (bicyclic) bond motifs is 2. The number of ether oxygens (including phenoxy) is 2. The van der Waals surface area contributed by atoms with Crippen molar-refractivity contribution in [3.63, 3.8) is 0 Å². The van der Waals surface area contributed by atoms with Crippen LogP contribution in [0.2, 0.25) is 0 Å². The lowest BCUT2D eigenvalue weighted by Gasteiger charge is -2.28. The summed E-state index contributed by atoms with van der Waals surface area (Å²) in [5.74, 6) is 1.97. The lowest BCUT2D eigenvalue weighted by molar-refractivity contribution is 0.171. The van der Waals surface area contributed by atoms with Crippen LogP contribution in [0.4, 0.5) is 5.95 Å². The van der Waals surface area contributed by atoms with E-state index in [0.29, 0.717) is 36.7 Å².